The van der Waals surface area contributed by atoms with E-state index in [1.165, 1.54) is 17.8 Å². The quantitative estimate of drug-likeness (QED) is 0.880. The molecule has 2 heterocycles. The maximum atomic E-state index is 10.8. The van der Waals surface area contributed by atoms with Gasteiger partial charge in [0.1, 0.15) is 0 Å². The first-order chi connectivity index (χ1) is 9.16. The smallest absolute Gasteiger partial charge is 0.354 e. The average Bonchev–Trinajstić information content (AvgIpc) is 2.46. The minimum atomic E-state index is -1.06. The highest BCUT2D eigenvalue weighted by Crippen LogP contribution is 2.22. The van der Waals surface area contributed by atoms with Crippen molar-refractivity contribution in [1.82, 2.24) is 9.97 Å². The van der Waals surface area contributed by atoms with Gasteiger partial charge in [0.25, 0.3) is 0 Å². The number of nitrogens with one attached hydrogen (secondary N) is 1. The van der Waals surface area contributed by atoms with Gasteiger partial charge in [0.15, 0.2) is 5.69 Å². The minimum Gasteiger partial charge on any atom is -0.477 e. The van der Waals surface area contributed by atoms with Crippen LogP contribution in [0.5, 0.6) is 0 Å². The van der Waals surface area contributed by atoms with Crippen molar-refractivity contribution in [2.45, 2.75) is 12.8 Å². The van der Waals surface area contributed by atoms with Crippen LogP contribution in [0.2, 0.25) is 0 Å². The van der Waals surface area contributed by atoms with E-state index < -0.39 is 5.97 Å². The molecule has 1 aliphatic rings. The first kappa shape index (κ1) is 14.0. The zero-order valence-electron chi connectivity index (χ0n) is 10.2. The summed E-state index contributed by atoms with van der Waals surface area (Å²) in [6.45, 7) is 2.03. The third-order valence-corrected chi connectivity index (χ3v) is 3.60. The Morgan fingerprint density at radius 3 is 2.89 bits per heavy atom. The Morgan fingerprint density at radius 1 is 1.47 bits per heavy atom. The maximum Gasteiger partial charge on any atom is 0.354 e. The molecule has 0 radical (unpaired) electrons. The summed E-state index contributed by atoms with van der Waals surface area (Å²) in [4.78, 5) is 18.7. The van der Waals surface area contributed by atoms with Gasteiger partial charge >= 0.3 is 5.97 Å². The van der Waals surface area contributed by atoms with Gasteiger partial charge < -0.3 is 15.2 Å². The molecule has 0 saturated carbocycles. The molecule has 1 aromatic rings. The fraction of sp³-hybridized carbons (Fsp3) is 0.417. The second-order valence-electron chi connectivity index (χ2n) is 4.05. The maximum absolute atomic E-state index is 10.8. The van der Waals surface area contributed by atoms with Crippen LogP contribution < -0.4 is 5.32 Å². The van der Waals surface area contributed by atoms with Crippen LogP contribution in [-0.4, -0.2) is 40.8 Å². The fourth-order valence-corrected chi connectivity index (χ4v) is 2.27. The number of rotatable bonds is 4. The Kier molecular flexibility index (Phi) is 4.86. The number of hydrogen-bond acceptors (Lipinski definition) is 5. The fourth-order valence-electron chi connectivity index (χ4n) is 1.73. The number of hydrogen-bond donors (Lipinski definition) is 2. The first-order valence-corrected chi connectivity index (χ1v) is 6.70. The highest BCUT2D eigenvalue weighted by molar-refractivity contribution is 9.11. The molecule has 1 aliphatic heterocycles. The molecule has 0 aromatic carbocycles. The van der Waals surface area contributed by atoms with Crippen molar-refractivity contribution in [3.05, 3.63) is 28.0 Å². The van der Waals surface area contributed by atoms with Gasteiger partial charge in [-0.2, -0.15) is 0 Å². The Morgan fingerprint density at radius 2 is 2.21 bits per heavy atom. The summed E-state index contributed by atoms with van der Waals surface area (Å²) >= 11 is 3.53. The third-order valence-electron chi connectivity index (χ3n) is 2.76. The van der Waals surface area contributed by atoms with Crippen LogP contribution in [0, 0.1) is 0 Å². The Bertz CT molecular complexity index is 497. The van der Waals surface area contributed by atoms with Crippen molar-refractivity contribution in [3.63, 3.8) is 0 Å². The highest BCUT2D eigenvalue weighted by atomic mass is 79.9. The van der Waals surface area contributed by atoms with Crippen LogP contribution in [0.1, 0.15) is 23.3 Å². The van der Waals surface area contributed by atoms with Gasteiger partial charge in [-0.15, -0.1) is 0 Å². The number of ether oxygens (including phenoxy) is 1. The predicted octanol–water partition coefficient (Wildman–Crippen LogP) is 2.05. The molecule has 0 spiro atoms. The predicted molar refractivity (Wildman–Crippen MR) is 73.5 cm³/mol. The van der Waals surface area contributed by atoms with Gasteiger partial charge in [0.2, 0.25) is 5.95 Å². The van der Waals surface area contributed by atoms with E-state index in [0.29, 0.717) is 12.5 Å². The number of carboxylic acid groups (broad SMARTS) is 1. The molecule has 1 fully saturated rings. The van der Waals surface area contributed by atoms with E-state index in [-0.39, 0.29) is 5.69 Å². The van der Waals surface area contributed by atoms with E-state index in [9.17, 15) is 4.79 Å². The summed E-state index contributed by atoms with van der Waals surface area (Å²) in [6.07, 6.45) is 3.25. The van der Waals surface area contributed by atoms with Gasteiger partial charge in [-0.1, -0.05) is 21.5 Å². The normalized spacial score (nSPS) is 15.1. The summed E-state index contributed by atoms with van der Waals surface area (Å²) in [7, 11) is 0. The first-order valence-electron chi connectivity index (χ1n) is 5.91. The summed E-state index contributed by atoms with van der Waals surface area (Å²) in [6, 6.07) is 1.36. The molecule has 19 heavy (non-hydrogen) atoms. The molecule has 6 nitrogen and oxygen atoms in total. The highest BCUT2D eigenvalue weighted by Gasteiger charge is 2.11. The van der Waals surface area contributed by atoms with E-state index >= 15 is 0 Å². The lowest BCUT2D eigenvalue weighted by molar-refractivity contribution is 0.0690. The summed E-state index contributed by atoms with van der Waals surface area (Å²) in [5, 5.41) is 11.8. The lowest BCUT2D eigenvalue weighted by atomic mass is 10.1. The van der Waals surface area contributed by atoms with E-state index in [2.05, 4.69) is 31.2 Å². The van der Waals surface area contributed by atoms with Crippen molar-refractivity contribution >= 4 is 27.8 Å². The van der Waals surface area contributed by atoms with Crippen molar-refractivity contribution in [3.8, 4) is 0 Å². The summed E-state index contributed by atoms with van der Waals surface area (Å²) < 4.78 is 6.35. The zero-order valence-corrected chi connectivity index (χ0v) is 11.8. The second kappa shape index (κ2) is 6.63. The van der Waals surface area contributed by atoms with Crippen LogP contribution >= 0.6 is 15.9 Å². The number of halogens is 1. The van der Waals surface area contributed by atoms with Crippen molar-refractivity contribution in [2.24, 2.45) is 0 Å². The second-order valence-corrected chi connectivity index (χ2v) is 5.00. The number of carbonyl (C=O) groups is 1. The molecule has 0 atom stereocenters. The van der Waals surface area contributed by atoms with Gasteiger partial charge in [-0.3, -0.25) is 0 Å². The number of anilines is 1. The number of aromatic nitrogens is 2. The van der Waals surface area contributed by atoms with Gasteiger partial charge in [-0.25, -0.2) is 14.8 Å². The molecule has 1 aromatic heterocycles. The molecule has 7 heteroatoms. The van der Waals surface area contributed by atoms with Crippen LogP contribution in [-0.2, 0) is 4.74 Å². The number of carboxylic acids is 1. The van der Waals surface area contributed by atoms with Crippen molar-refractivity contribution in [1.29, 1.82) is 0 Å². The molecule has 1 saturated heterocycles. The largest absolute Gasteiger partial charge is 0.477 e. The molecular weight excluding hydrogens is 314 g/mol. The number of aromatic carboxylic acids is 1. The monoisotopic (exact) mass is 327 g/mol. The van der Waals surface area contributed by atoms with Crippen LogP contribution in [0.3, 0.4) is 0 Å². The van der Waals surface area contributed by atoms with E-state index in [4.69, 9.17) is 9.84 Å². The summed E-state index contributed by atoms with van der Waals surface area (Å²) in [5.74, 6) is -0.753. The standard InChI is InChI=1S/C12H14BrN3O3/c13-9(8-2-5-19-6-3-8)7-15-12-14-4-1-10(16-12)11(17)18/h1,4H,2-3,5-7H2,(H,17,18)(H,14,15,16). The van der Waals surface area contributed by atoms with Gasteiger partial charge in [-0.05, 0) is 18.9 Å². The minimum absolute atomic E-state index is 0.0210. The molecule has 0 bridgehead atoms. The Hall–Kier alpha value is -1.47. The summed E-state index contributed by atoms with van der Waals surface area (Å²) in [5.41, 5.74) is 1.29. The average molecular weight is 328 g/mol. The van der Waals surface area contributed by atoms with Gasteiger partial charge in [0.05, 0.1) is 13.2 Å². The Balaban J connectivity index is 1.98. The molecule has 0 amide bonds. The molecule has 0 aliphatic carbocycles. The van der Waals surface area contributed by atoms with Crippen LogP contribution in [0.25, 0.3) is 0 Å². The third kappa shape index (κ3) is 4.00. The molecule has 0 unspecified atom stereocenters. The molecular formula is C12H14BrN3O3. The lowest BCUT2D eigenvalue weighted by Crippen LogP contribution is -2.13. The zero-order chi connectivity index (χ0) is 13.7. The Labute approximate surface area is 119 Å². The molecule has 2 rings (SSSR count). The van der Waals surface area contributed by atoms with Crippen LogP contribution in [0.15, 0.2) is 22.3 Å². The lowest BCUT2D eigenvalue weighted by Gasteiger charge is -2.17. The molecule has 102 valence electrons. The van der Waals surface area contributed by atoms with E-state index in [1.807, 2.05) is 0 Å². The van der Waals surface area contributed by atoms with Crippen LogP contribution in [0.4, 0.5) is 5.95 Å². The topological polar surface area (TPSA) is 84.3 Å². The SMILES string of the molecule is O=C(O)c1ccnc(NCC(Br)=C2CCOCC2)n1. The van der Waals surface area contributed by atoms with Crippen molar-refractivity contribution in [2.75, 3.05) is 25.1 Å². The number of nitrogens with zero attached hydrogens (tertiary/aromatic N) is 2. The molecule has 2 N–H and O–H groups in total. The van der Waals surface area contributed by atoms with Gasteiger partial charge in [0, 0.05) is 17.2 Å². The van der Waals surface area contributed by atoms with Crippen molar-refractivity contribution < 1.29 is 14.6 Å². The van der Waals surface area contributed by atoms with E-state index in [1.54, 1.807) is 0 Å². The van der Waals surface area contributed by atoms with E-state index in [0.717, 1.165) is 30.5 Å².